The molecule has 2 atom stereocenters. The summed E-state index contributed by atoms with van der Waals surface area (Å²) in [7, 11) is 0. The molecule has 64 valence electrons. The lowest BCUT2D eigenvalue weighted by Crippen LogP contribution is -2.42. The highest BCUT2D eigenvalue weighted by molar-refractivity contribution is 5.83. The van der Waals surface area contributed by atoms with Gasteiger partial charge in [0.15, 0.2) is 11.9 Å². The first-order valence-electron chi connectivity index (χ1n) is 3.38. The topological polar surface area (TPSA) is 74.6 Å². The highest BCUT2D eigenvalue weighted by Gasteiger charge is 2.38. The summed E-state index contributed by atoms with van der Waals surface area (Å²) in [5.41, 5.74) is -1.89. The predicted octanol–water partition coefficient (Wildman–Crippen LogP) is -0.257. The number of carboxylic acid groups (broad SMARTS) is 1. The Labute approximate surface area is 68.8 Å². The zero-order valence-electron chi connectivity index (χ0n) is 6.18. The van der Waals surface area contributed by atoms with Crippen molar-refractivity contribution in [2.45, 2.75) is 5.60 Å². The van der Waals surface area contributed by atoms with Crippen LogP contribution in [0.1, 0.15) is 0 Å². The van der Waals surface area contributed by atoms with Gasteiger partial charge in [-0.15, -0.1) is 0 Å². The highest BCUT2D eigenvalue weighted by atomic mass is 16.4. The minimum atomic E-state index is -1.89. The van der Waals surface area contributed by atoms with E-state index in [1.165, 1.54) is 24.3 Å². The van der Waals surface area contributed by atoms with Crippen LogP contribution in [0.3, 0.4) is 0 Å². The monoisotopic (exact) mass is 168 g/mol. The molecule has 4 nitrogen and oxygen atoms in total. The fourth-order valence-corrected chi connectivity index (χ4v) is 1.04. The third-order valence-electron chi connectivity index (χ3n) is 1.73. The molecule has 0 spiro atoms. The van der Waals surface area contributed by atoms with Crippen LogP contribution in [0.4, 0.5) is 0 Å². The van der Waals surface area contributed by atoms with Gasteiger partial charge < -0.3 is 10.2 Å². The van der Waals surface area contributed by atoms with E-state index in [0.29, 0.717) is 0 Å². The van der Waals surface area contributed by atoms with Crippen molar-refractivity contribution in [1.82, 2.24) is 0 Å². The summed E-state index contributed by atoms with van der Waals surface area (Å²) in [6, 6.07) is 0. The molecule has 0 aliphatic heterocycles. The van der Waals surface area contributed by atoms with E-state index in [-0.39, 0.29) is 6.29 Å². The lowest BCUT2D eigenvalue weighted by atomic mass is 9.85. The van der Waals surface area contributed by atoms with E-state index in [9.17, 15) is 14.7 Å². The molecular formula is C8H8O4. The standard InChI is InChI=1S/C8H8O4/c9-5-8(12)4-2-1-3-6(8)7(10)11/h1-6,12H,(H,10,11). The second-order valence-corrected chi connectivity index (χ2v) is 2.57. The minimum absolute atomic E-state index is 0.228. The Morgan fingerprint density at radius 1 is 1.50 bits per heavy atom. The van der Waals surface area contributed by atoms with Gasteiger partial charge in [0.05, 0.1) is 0 Å². The first kappa shape index (κ1) is 8.67. The first-order chi connectivity index (χ1) is 5.60. The van der Waals surface area contributed by atoms with Crippen LogP contribution in [-0.4, -0.2) is 28.1 Å². The number of hydrogen-bond acceptors (Lipinski definition) is 3. The smallest absolute Gasteiger partial charge is 0.314 e. The number of aliphatic carboxylic acids is 1. The van der Waals surface area contributed by atoms with Gasteiger partial charge in [0.1, 0.15) is 5.92 Å². The second kappa shape index (κ2) is 2.91. The van der Waals surface area contributed by atoms with Crippen LogP contribution in [-0.2, 0) is 9.59 Å². The zero-order chi connectivity index (χ0) is 9.19. The Kier molecular flexibility index (Phi) is 2.10. The predicted molar refractivity (Wildman–Crippen MR) is 40.4 cm³/mol. The molecule has 1 rings (SSSR count). The Hall–Kier alpha value is -1.42. The Bertz CT molecular complexity index is 266. The highest BCUT2D eigenvalue weighted by Crippen LogP contribution is 2.22. The number of allylic oxidation sites excluding steroid dienone is 2. The average Bonchev–Trinajstić information content (AvgIpc) is 2.05. The van der Waals surface area contributed by atoms with Crippen LogP contribution < -0.4 is 0 Å². The number of rotatable bonds is 2. The largest absolute Gasteiger partial charge is 0.481 e. The third-order valence-corrected chi connectivity index (χ3v) is 1.73. The van der Waals surface area contributed by atoms with Crippen molar-refractivity contribution < 1.29 is 19.8 Å². The van der Waals surface area contributed by atoms with Crippen LogP contribution in [0.2, 0.25) is 0 Å². The fourth-order valence-electron chi connectivity index (χ4n) is 1.04. The molecule has 0 amide bonds. The molecule has 0 aromatic heterocycles. The maximum Gasteiger partial charge on any atom is 0.314 e. The summed E-state index contributed by atoms with van der Waals surface area (Å²) in [4.78, 5) is 20.9. The maximum absolute atomic E-state index is 10.5. The number of aldehydes is 1. The number of aliphatic hydroxyl groups is 1. The molecule has 0 radical (unpaired) electrons. The summed E-state index contributed by atoms with van der Waals surface area (Å²) < 4.78 is 0. The summed E-state index contributed by atoms with van der Waals surface area (Å²) in [5.74, 6) is -2.40. The molecule has 1 aliphatic carbocycles. The van der Waals surface area contributed by atoms with Crippen molar-refractivity contribution in [2.75, 3.05) is 0 Å². The second-order valence-electron chi connectivity index (χ2n) is 2.57. The van der Waals surface area contributed by atoms with Crippen LogP contribution in [0.15, 0.2) is 24.3 Å². The van der Waals surface area contributed by atoms with Gasteiger partial charge >= 0.3 is 5.97 Å². The van der Waals surface area contributed by atoms with Crippen LogP contribution in [0.5, 0.6) is 0 Å². The van der Waals surface area contributed by atoms with Gasteiger partial charge in [-0.1, -0.05) is 18.2 Å². The maximum atomic E-state index is 10.5. The van der Waals surface area contributed by atoms with E-state index in [0.717, 1.165) is 0 Å². The van der Waals surface area contributed by atoms with Gasteiger partial charge in [0.25, 0.3) is 0 Å². The van der Waals surface area contributed by atoms with Crippen molar-refractivity contribution in [3.8, 4) is 0 Å². The SMILES string of the molecule is O=CC1(O)C=CC=CC1C(=O)O. The van der Waals surface area contributed by atoms with Crippen molar-refractivity contribution in [2.24, 2.45) is 5.92 Å². The van der Waals surface area contributed by atoms with Crippen molar-refractivity contribution in [3.05, 3.63) is 24.3 Å². The quantitative estimate of drug-likeness (QED) is 0.557. The number of carbonyl (C=O) groups is 2. The number of hydrogen-bond donors (Lipinski definition) is 2. The Morgan fingerprint density at radius 3 is 2.58 bits per heavy atom. The molecular weight excluding hydrogens is 160 g/mol. The van der Waals surface area contributed by atoms with Gasteiger partial charge in [0.2, 0.25) is 0 Å². The van der Waals surface area contributed by atoms with Gasteiger partial charge in [0, 0.05) is 0 Å². The van der Waals surface area contributed by atoms with E-state index in [4.69, 9.17) is 5.11 Å². The van der Waals surface area contributed by atoms with Gasteiger partial charge in [-0.05, 0) is 6.08 Å². The lowest BCUT2D eigenvalue weighted by molar-refractivity contribution is -0.149. The van der Waals surface area contributed by atoms with E-state index in [2.05, 4.69) is 0 Å². The summed E-state index contributed by atoms with van der Waals surface area (Å²) in [6.45, 7) is 0. The Morgan fingerprint density at radius 2 is 2.17 bits per heavy atom. The molecule has 2 N–H and O–H groups in total. The zero-order valence-corrected chi connectivity index (χ0v) is 6.18. The minimum Gasteiger partial charge on any atom is -0.481 e. The molecule has 0 aromatic carbocycles. The molecule has 1 aliphatic rings. The van der Waals surface area contributed by atoms with Crippen LogP contribution >= 0.6 is 0 Å². The normalized spacial score (nSPS) is 33.2. The van der Waals surface area contributed by atoms with Gasteiger partial charge in [-0.25, -0.2) is 0 Å². The van der Waals surface area contributed by atoms with Crippen LogP contribution in [0.25, 0.3) is 0 Å². The van der Waals surface area contributed by atoms with Crippen LogP contribution in [0, 0.1) is 5.92 Å². The molecule has 0 aromatic rings. The Balaban J connectivity index is 2.99. The molecule has 0 saturated heterocycles. The van der Waals surface area contributed by atoms with Crippen molar-refractivity contribution in [3.63, 3.8) is 0 Å². The number of carboxylic acids is 1. The average molecular weight is 168 g/mol. The van der Waals surface area contributed by atoms with Gasteiger partial charge in [-0.3, -0.25) is 9.59 Å². The first-order valence-corrected chi connectivity index (χ1v) is 3.38. The molecule has 0 bridgehead atoms. The van der Waals surface area contributed by atoms with Crippen molar-refractivity contribution in [1.29, 1.82) is 0 Å². The summed E-state index contributed by atoms with van der Waals surface area (Å²) in [5, 5.41) is 18.0. The summed E-state index contributed by atoms with van der Waals surface area (Å²) in [6.07, 6.45) is 5.59. The van der Waals surface area contributed by atoms with E-state index < -0.39 is 17.5 Å². The molecule has 0 saturated carbocycles. The summed E-state index contributed by atoms with van der Waals surface area (Å²) >= 11 is 0. The fraction of sp³-hybridized carbons (Fsp3) is 0.250. The van der Waals surface area contributed by atoms with E-state index in [1.54, 1.807) is 0 Å². The third kappa shape index (κ3) is 1.29. The number of carbonyl (C=O) groups excluding carboxylic acids is 1. The molecule has 12 heavy (non-hydrogen) atoms. The lowest BCUT2D eigenvalue weighted by Gasteiger charge is -2.24. The van der Waals surface area contributed by atoms with Gasteiger partial charge in [-0.2, -0.15) is 0 Å². The van der Waals surface area contributed by atoms with Crippen molar-refractivity contribution >= 4 is 12.3 Å². The molecule has 4 heteroatoms. The van der Waals surface area contributed by atoms with E-state index >= 15 is 0 Å². The van der Waals surface area contributed by atoms with E-state index in [1.807, 2.05) is 0 Å². The molecule has 2 unspecified atom stereocenters. The molecule has 0 fully saturated rings. The molecule has 0 heterocycles.